The summed E-state index contributed by atoms with van der Waals surface area (Å²) < 4.78 is 75.9. The Hall–Kier alpha value is -2.37. The van der Waals surface area contributed by atoms with E-state index in [0.717, 1.165) is 43.9 Å². The highest BCUT2D eigenvalue weighted by molar-refractivity contribution is 7.89. The van der Waals surface area contributed by atoms with E-state index in [1.807, 2.05) is 6.92 Å². The summed E-state index contributed by atoms with van der Waals surface area (Å²) in [6.07, 6.45) is 7.20. The Bertz CT molecular complexity index is 1280. The molecule has 0 aromatic carbocycles. The van der Waals surface area contributed by atoms with Crippen LogP contribution in [0.15, 0.2) is 36.6 Å². The largest absolute Gasteiger partial charge is 0.415 e. The fourth-order valence-corrected chi connectivity index (χ4v) is 7.21. The quantitative estimate of drug-likeness (QED) is 0.290. The van der Waals surface area contributed by atoms with E-state index in [2.05, 4.69) is 23.5 Å². The van der Waals surface area contributed by atoms with Crippen molar-refractivity contribution in [2.45, 2.75) is 103 Å². The Morgan fingerprint density at radius 3 is 2.33 bits per heavy atom. The minimum atomic E-state index is -4.68. The number of hydrogen-bond donors (Lipinski definition) is 2. The second kappa shape index (κ2) is 13.9. The summed E-state index contributed by atoms with van der Waals surface area (Å²) in [5.74, 6) is -0.447. The van der Waals surface area contributed by atoms with Gasteiger partial charge in [0.15, 0.2) is 0 Å². The van der Waals surface area contributed by atoms with Gasteiger partial charge in [0.2, 0.25) is 10.0 Å². The van der Waals surface area contributed by atoms with Crippen molar-refractivity contribution in [2.75, 3.05) is 19.0 Å². The van der Waals surface area contributed by atoms with Crippen molar-refractivity contribution in [2.24, 2.45) is 5.92 Å². The maximum absolute atomic E-state index is 13.7. The molecule has 42 heavy (non-hydrogen) atoms. The molecule has 1 unspecified atom stereocenters. The minimum Gasteiger partial charge on any atom is -0.381 e. The number of halogens is 3. The Kier molecular flexibility index (Phi) is 11.3. The molecule has 2 N–H and O–H groups in total. The van der Waals surface area contributed by atoms with E-state index in [4.69, 9.17) is 4.74 Å². The Morgan fingerprint density at radius 2 is 1.76 bits per heavy atom. The summed E-state index contributed by atoms with van der Waals surface area (Å²) in [5.41, 5.74) is 0.154. The van der Waals surface area contributed by atoms with Crippen LogP contribution in [0.2, 0.25) is 0 Å². The average molecular weight is 614 g/mol. The van der Waals surface area contributed by atoms with Gasteiger partial charge in [-0.25, -0.2) is 13.1 Å². The molecule has 1 atom stereocenters. The lowest BCUT2D eigenvalue weighted by Gasteiger charge is -2.29. The van der Waals surface area contributed by atoms with Crippen LogP contribution < -0.4 is 10.0 Å². The maximum Gasteiger partial charge on any atom is 0.415 e. The smallest absolute Gasteiger partial charge is 0.381 e. The summed E-state index contributed by atoms with van der Waals surface area (Å²) in [5, 5.41) is 3.07. The summed E-state index contributed by atoms with van der Waals surface area (Å²) in [7, 11) is -3.74. The van der Waals surface area contributed by atoms with Crippen molar-refractivity contribution in [1.82, 2.24) is 14.6 Å². The molecule has 236 valence electrons. The average Bonchev–Trinajstić information content (AvgIpc) is 3.23. The highest BCUT2D eigenvalue weighted by Gasteiger charge is 2.33. The van der Waals surface area contributed by atoms with Crippen molar-refractivity contribution in [1.29, 1.82) is 0 Å². The van der Waals surface area contributed by atoms with Gasteiger partial charge in [0.1, 0.15) is 0 Å². The standard InChI is InChI=1S/C31H46F3N3O4S/c1-21(31(32,33)34)19-26(13-10-18-42(39,40)36-30(4,5)6)37-20-27(29(38)35-25-14-16-41-17-15-25)23(3)28(37)22(2)24-11-8-7-9-12-24/h10,13,19-20,22,24-25,36H,1,7-9,11-12,14-18H2,2-6H3,(H,35,38)/b13-10-,26-19+. The number of ether oxygens (including phenoxy) is 1. The first kappa shape index (κ1) is 34.1. The van der Waals surface area contributed by atoms with Gasteiger partial charge in [-0.15, -0.1) is 0 Å². The molecular formula is C31H46F3N3O4S. The van der Waals surface area contributed by atoms with Crippen LogP contribution in [0.25, 0.3) is 5.70 Å². The predicted octanol–water partition coefficient (Wildman–Crippen LogP) is 6.62. The van der Waals surface area contributed by atoms with Gasteiger partial charge in [-0.1, -0.05) is 38.8 Å². The Morgan fingerprint density at radius 1 is 1.14 bits per heavy atom. The van der Waals surface area contributed by atoms with Crippen LogP contribution in [0.5, 0.6) is 0 Å². The van der Waals surface area contributed by atoms with Crippen molar-refractivity contribution in [3.05, 3.63) is 53.4 Å². The van der Waals surface area contributed by atoms with Crippen LogP contribution in [0.1, 0.15) is 100 Å². The summed E-state index contributed by atoms with van der Waals surface area (Å²) in [6.45, 7) is 13.4. The van der Waals surface area contributed by atoms with Gasteiger partial charge in [-0.3, -0.25) is 4.79 Å². The zero-order valence-electron chi connectivity index (χ0n) is 25.4. The zero-order valence-corrected chi connectivity index (χ0v) is 26.3. The maximum atomic E-state index is 13.7. The van der Waals surface area contributed by atoms with Crippen LogP contribution in [0.4, 0.5) is 13.2 Å². The number of amides is 1. The van der Waals surface area contributed by atoms with Crippen molar-refractivity contribution in [3.8, 4) is 0 Å². The molecule has 1 aromatic rings. The van der Waals surface area contributed by atoms with E-state index in [1.165, 1.54) is 12.2 Å². The van der Waals surface area contributed by atoms with Crippen LogP contribution in [0.3, 0.4) is 0 Å². The van der Waals surface area contributed by atoms with Gasteiger partial charge in [0, 0.05) is 42.4 Å². The molecule has 7 nitrogen and oxygen atoms in total. The molecule has 3 rings (SSSR count). The number of rotatable bonds is 10. The van der Waals surface area contributed by atoms with Gasteiger partial charge in [0.25, 0.3) is 5.91 Å². The van der Waals surface area contributed by atoms with Gasteiger partial charge in [0.05, 0.1) is 16.9 Å². The summed E-state index contributed by atoms with van der Waals surface area (Å²) in [6, 6.07) is -0.0475. The minimum absolute atomic E-state index is 0.0443. The predicted molar refractivity (Wildman–Crippen MR) is 161 cm³/mol. The second-order valence-electron chi connectivity index (χ2n) is 12.6. The molecule has 11 heteroatoms. The fraction of sp³-hybridized carbons (Fsp3) is 0.645. The molecule has 1 saturated carbocycles. The number of carbonyl (C=O) groups is 1. The third kappa shape index (κ3) is 9.57. The monoisotopic (exact) mass is 613 g/mol. The molecule has 1 aliphatic heterocycles. The van der Waals surface area contributed by atoms with Gasteiger partial charge < -0.3 is 14.6 Å². The lowest BCUT2D eigenvalue weighted by Crippen LogP contribution is -2.41. The number of hydrogen-bond acceptors (Lipinski definition) is 4. The molecule has 2 fully saturated rings. The number of carbonyl (C=O) groups excluding carboxylic acids is 1. The molecular weight excluding hydrogens is 567 g/mol. The molecule has 2 heterocycles. The first-order valence-corrected chi connectivity index (χ1v) is 16.4. The molecule has 2 aliphatic rings. The summed E-state index contributed by atoms with van der Waals surface area (Å²) in [4.78, 5) is 13.5. The third-order valence-corrected chi connectivity index (χ3v) is 9.48. The van der Waals surface area contributed by atoms with Crippen LogP contribution in [0, 0.1) is 12.8 Å². The molecule has 0 radical (unpaired) electrons. The summed E-state index contributed by atoms with van der Waals surface area (Å²) >= 11 is 0. The third-order valence-electron chi connectivity index (χ3n) is 7.93. The number of allylic oxidation sites excluding steroid dienone is 4. The van der Waals surface area contributed by atoms with Crippen molar-refractivity contribution >= 4 is 21.6 Å². The first-order chi connectivity index (χ1) is 19.5. The van der Waals surface area contributed by atoms with Gasteiger partial charge >= 0.3 is 6.18 Å². The topological polar surface area (TPSA) is 89.4 Å². The molecule has 1 aliphatic carbocycles. The van der Waals surface area contributed by atoms with Crippen LogP contribution >= 0.6 is 0 Å². The van der Waals surface area contributed by atoms with Crippen LogP contribution in [-0.2, 0) is 14.8 Å². The molecule has 0 bridgehead atoms. The number of sulfonamides is 1. The number of nitrogens with one attached hydrogen (secondary N) is 2. The molecule has 1 amide bonds. The van der Waals surface area contributed by atoms with Crippen molar-refractivity contribution in [3.63, 3.8) is 0 Å². The van der Waals surface area contributed by atoms with E-state index in [9.17, 15) is 26.4 Å². The van der Waals surface area contributed by atoms with Crippen molar-refractivity contribution < 1.29 is 31.1 Å². The normalized spacial score (nSPS) is 19.3. The van der Waals surface area contributed by atoms with Gasteiger partial charge in [-0.2, -0.15) is 13.2 Å². The van der Waals surface area contributed by atoms with Crippen LogP contribution in [-0.4, -0.2) is 55.6 Å². The van der Waals surface area contributed by atoms with Gasteiger partial charge in [-0.05, 0) is 82.9 Å². The van der Waals surface area contributed by atoms with E-state index in [1.54, 1.807) is 31.5 Å². The molecule has 1 aromatic heterocycles. The Labute approximate surface area is 248 Å². The highest BCUT2D eigenvalue weighted by Crippen LogP contribution is 2.40. The molecule has 1 saturated heterocycles. The van der Waals surface area contributed by atoms with E-state index < -0.39 is 33.1 Å². The zero-order chi connectivity index (χ0) is 31.3. The lowest BCUT2D eigenvalue weighted by molar-refractivity contribution is -0.0878. The first-order valence-electron chi connectivity index (χ1n) is 14.8. The Balaban J connectivity index is 2.10. The van der Waals surface area contributed by atoms with E-state index in [-0.39, 0.29) is 23.6 Å². The number of aromatic nitrogens is 1. The molecule has 0 spiro atoms. The SMILES string of the molecule is C=C(/C=C(\C=C/CS(=O)(=O)NC(C)(C)C)n1cc(C(=O)NC2CCOCC2)c(C)c1C(C)C1CCCCC1)C(F)(F)F. The van der Waals surface area contributed by atoms with E-state index >= 15 is 0 Å². The fourth-order valence-electron chi connectivity index (χ4n) is 5.84. The lowest BCUT2D eigenvalue weighted by atomic mass is 9.78. The second-order valence-corrected chi connectivity index (χ2v) is 14.4. The number of nitrogens with zero attached hydrogens (tertiary/aromatic N) is 1. The number of alkyl halides is 3. The highest BCUT2D eigenvalue weighted by atomic mass is 32.2. The van der Waals surface area contributed by atoms with E-state index in [0.29, 0.717) is 43.1 Å².